The van der Waals surface area contributed by atoms with Gasteiger partial charge < -0.3 is 10.8 Å². The van der Waals surface area contributed by atoms with Gasteiger partial charge in [0.2, 0.25) is 10.0 Å². The van der Waals surface area contributed by atoms with Crippen LogP contribution in [0.4, 0.5) is 5.69 Å². The summed E-state index contributed by atoms with van der Waals surface area (Å²) >= 11 is 0. The minimum absolute atomic E-state index is 0.124. The zero-order chi connectivity index (χ0) is 15.0. The van der Waals surface area contributed by atoms with Crippen molar-refractivity contribution in [3.8, 4) is 0 Å². The Bertz CT molecular complexity index is 486. The number of nitrogens with two attached hydrogens (primary N) is 1. The van der Waals surface area contributed by atoms with Crippen LogP contribution in [0, 0.1) is 0 Å². The van der Waals surface area contributed by atoms with Crippen molar-refractivity contribution in [1.82, 2.24) is 4.31 Å². The number of rotatable bonds is 9. The molecule has 0 aliphatic carbocycles. The molecule has 0 heterocycles. The normalized spacial score (nSPS) is 11.9. The summed E-state index contributed by atoms with van der Waals surface area (Å²) in [6.07, 6.45) is 4.00. The van der Waals surface area contributed by atoms with Crippen LogP contribution >= 0.6 is 0 Å². The lowest BCUT2D eigenvalue weighted by Crippen LogP contribution is -2.34. The molecule has 1 rings (SSSR count). The second kappa shape index (κ2) is 8.24. The molecule has 5 nitrogen and oxygen atoms in total. The van der Waals surface area contributed by atoms with Gasteiger partial charge in [-0.15, -0.1) is 0 Å². The third-order valence-electron chi connectivity index (χ3n) is 3.13. The van der Waals surface area contributed by atoms with E-state index in [1.165, 1.54) is 16.4 Å². The van der Waals surface area contributed by atoms with Crippen LogP contribution in [-0.2, 0) is 10.0 Å². The summed E-state index contributed by atoms with van der Waals surface area (Å²) < 4.78 is 26.3. The lowest BCUT2D eigenvalue weighted by Gasteiger charge is -2.21. The molecular formula is C14H24N2O3S. The quantitative estimate of drug-likeness (QED) is 0.538. The summed E-state index contributed by atoms with van der Waals surface area (Å²) in [5.41, 5.74) is 6.10. The van der Waals surface area contributed by atoms with Crippen LogP contribution in [0.3, 0.4) is 0 Å². The van der Waals surface area contributed by atoms with E-state index in [2.05, 4.69) is 6.92 Å². The van der Waals surface area contributed by atoms with Gasteiger partial charge in [0.15, 0.2) is 0 Å². The van der Waals surface area contributed by atoms with Crippen LogP contribution in [0.15, 0.2) is 29.2 Å². The zero-order valence-electron chi connectivity index (χ0n) is 12.0. The van der Waals surface area contributed by atoms with Crippen molar-refractivity contribution < 1.29 is 13.5 Å². The van der Waals surface area contributed by atoms with E-state index in [-0.39, 0.29) is 18.0 Å². The van der Waals surface area contributed by atoms with Gasteiger partial charge in [0.25, 0.3) is 0 Å². The van der Waals surface area contributed by atoms with E-state index >= 15 is 0 Å². The van der Waals surface area contributed by atoms with E-state index in [0.717, 1.165) is 25.7 Å². The molecule has 0 spiro atoms. The van der Waals surface area contributed by atoms with Crippen molar-refractivity contribution in [3.63, 3.8) is 0 Å². The van der Waals surface area contributed by atoms with Gasteiger partial charge in [-0.1, -0.05) is 26.2 Å². The Morgan fingerprint density at radius 1 is 1.10 bits per heavy atom. The van der Waals surface area contributed by atoms with E-state index < -0.39 is 10.0 Å². The van der Waals surface area contributed by atoms with Gasteiger partial charge in [-0.3, -0.25) is 0 Å². The number of hydrogen-bond donors (Lipinski definition) is 2. The molecule has 0 atom stereocenters. The van der Waals surface area contributed by atoms with Crippen molar-refractivity contribution in [2.45, 2.75) is 37.5 Å². The maximum Gasteiger partial charge on any atom is 0.243 e. The number of unbranched alkanes of at least 4 members (excludes halogenated alkanes) is 3. The molecule has 0 aliphatic rings. The molecular weight excluding hydrogens is 276 g/mol. The molecule has 20 heavy (non-hydrogen) atoms. The van der Waals surface area contributed by atoms with E-state index in [0.29, 0.717) is 12.2 Å². The highest BCUT2D eigenvalue weighted by atomic mass is 32.2. The maximum atomic E-state index is 12.5. The molecule has 3 N–H and O–H groups in total. The first kappa shape index (κ1) is 16.9. The van der Waals surface area contributed by atoms with Crippen LogP contribution in [0.2, 0.25) is 0 Å². The number of nitrogen functional groups attached to an aromatic ring is 1. The molecule has 0 saturated carbocycles. The van der Waals surface area contributed by atoms with Gasteiger partial charge in [0.1, 0.15) is 0 Å². The largest absolute Gasteiger partial charge is 0.399 e. The molecule has 0 fully saturated rings. The highest BCUT2D eigenvalue weighted by molar-refractivity contribution is 7.89. The van der Waals surface area contributed by atoms with Gasteiger partial charge in [0.05, 0.1) is 11.5 Å². The molecule has 0 aliphatic heterocycles. The molecule has 0 radical (unpaired) electrons. The number of sulfonamides is 1. The summed E-state index contributed by atoms with van der Waals surface area (Å²) in [4.78, 5) is 0.218. The van der Waals surface area contributed by atoms with E-state index in [4.69, 9.17) is 10.8 Å². The number of aliphatic hydroxyl groups is 1. The number of hydrogen-bond acceptors (Lipinski definition) is 4. The van der Waals surface area contributed by atoms with Crippen LogP contribution in [-0.4, -0.2) is 37.5 Å². The second-order valence-electron chi connectivity index (χ2n) is 4.76. The van der Waals surface area contributed by atoms with Crippen molar-refractivity contribution in [3.05, 3.63) is 24.3 Å². The first-order valence-electron chi connectivity index (χ1n) is 6.99. The number of nitrogens with zero attached hydrogens (tertiary/aromatic N) is 1. The highest BCUT2D eigenvalue weighted by Gasteiger charge is 2.23. The van der Waals surface area contributed by atoms with Gasteiger partial charge in [-0.25, -0.2) is 8.42 Å². The molecule has 0 amide bonds. The molecule has 0 aromatic heterocycles. The topological polar surface area (TPSA) is 83.6 Å². The summed E-state index contributed by atoms with van der Waals surface area (Å²) in [5, 5.41) is 9.07. The predicted octanol–water partition coefficient (Wildman–Crippen LogP) is 1.83. The summed E-state index contributed by atoms with van der Waals surface area (Å²) in [6, 6.07) is 6.14. The fourth-order valence-electron chi connectivity index (χ4n) is 1.97. The first-order valence-corrected chi connectivity index (χ1v) is 8.43. The predicted molar refractivity (Wildman–Crippen MR) is 80.8 cm³/mol. The maximum absolute atomic E-state index is 12.5. The smallest absolute Gasteiger partial charge is 0.243 e. The standard InChI is InChI=1S/C14H24N2O3S/c1-2-3-4-5-10-16(11-12-17)20(18,19)14-8-6-13(15)7-9-14/h6-9,17H,2-5,10-12,15H2,1H3. The minimum atomic E-state index is -3.55. The molecule has 6 heteroatoms. The van der Waals surface area contributed by atoms with Crippen molar-refractivity contribution in [1.29, 1.82) is 0 Å². The number of benzene rings is 1. The third kappa shape index (κ3) is 4.77. The van der Waals surface area contributed by atoms with Crippen molar-refractivity contribution in [2.24, 2.45) is 0 Å². The summed E-state index contributed by atoms with van der Waals surface area (Å²) in [6.45, 7) is 2.49. The third-order valence-corrected chi connectivity index (χ3v) is 5.04. The fraction of sp³-hybridized carbons (Fsp3) is 0.571. The lowest BCUT2D eigenvalue weighted by atomic mass is 10.2. The average molecular weight is 300 g/mol. The zero-order valence-corrected chi connectivity index (χ0v) is 12.8. The Balaban J connectivity index is 2.80. The van der Waals surface area contributed by atoms with Crippen LogP contribution in [0.1, 0.15) is 32.6 Å². The molecule has 0 bridgehead atoms. The van der Waals surface area contributed by atoms with Crippen LogP contribution < -0.4 is 5.73 Å². The first-order chi connectivity index (χ1) is 9.52. The Morgan fingerprint density at radius 3 is 2.30 bits per heavy atom. The Labute approximate surface area is 121 Å². The number of aliphatic hydroxyl groups excluding tert-OH is 1. The monoisotopic (exact) mass is 300 g/mol. The van der Waals surface area contributed by atoms with Crippen molar-refractivity contribution in [2.75, 3.05) is 25.4 Å². The van der Waals surface area contributed by atoms with E-state index in [1.54, 1.807) is 12.1 Å². The van der Waals surface area contributed by atoms with Crippen LogP contribution in [0.25, 0.3) is 0 Å². The molecule has 1 aromatic carbocycles. The summed E-state index contributed by atoms with van der Waals surface area (Å²) in [7, 11) is -3.55. The van der Waals surface area contributed by atoms with Crippen molar-refractivity contribution >= 4 is 15.7 Å². The molecule has 114 valence electrons. The summed E-state index contributed by atoms with van der Waals surface area (Å²) in [5.74, 6) is 0. The van der Waals surface area contributed by atoms with Gasteiger partial charge in [0, 0.05) is 18.8 Å². The number of anilines is 1. The van der Waals surface area contributed by atoms with Crippen LogP contribution in [0.5, 0.6) is 0 Å². The average Bonchev–Trinajstić information content (AvgIpc) is 2.42. The van der Waals surface area contributed by atoms with E-state index in [9.17, 15) is 8.42 Å². The lowest BCUT2D eigenvalue weighted by molar-refractivity contribution is 0.251. The fourth-order valence-corrected chi connectivity index (χ4v) is 3.44. The molecule has 0 unspecified atom stereocenters. The van der Waals surface area contributed by atoms with Gasteiger partial charge >= 0.3 is 0 Å². The second-order valence-corrected chi connectivity index (χ2v) is 6.70. The van der Waals surface area contributed by atoms with E-state index in [1.807, 2.05) is 0 Å². The van der Waals surface area contributed by atoms with Gasteiger partial charge in [-0.2, -0.15) is 4.31 Å². The SMILES string of the molecule is CCCCCCN(CCO)S(=O)(=O)c1ccc(N)cc1. The molecule has 0 saturated heterocycles. The molecule has 1 aromatic rings. The highest BCUT2D eigenvalue weighted by Crippen LogP contribution is 2.18. The minimum Gasteiger partial charge on any atom is -0.399 e. The Morgan fingerprint density at radius 2 is 1.75 bits per heavy atom. The van der Waals surface area contributed by atoms with Gasteiger partial charge in [-0.05, 0) is 30.7 Å². The Hall–Kier alpha value is -1.11. The Kier molecular flexibility index (Phi) is 6.98.